The highest BCUT2D eigenvalue weighted by Gasteiger charge is 2.59. The zero-order chi connectivity index (χ0) is 15.3. The van der Waals surface area contributed by atoms with Gasteiger partial charge in [0.05, 0.1) is 25.9 Å². The summed E-state index contributed by atoms with van der Waals surface area (Å²) in [6, 6.07) is 0.577. The molecule has 1 amide bonds. The van der Waals surface area contributed by atoms with Gasteiger partial charge in [0.1, 0.15) is 0 Å². The standard InChI is InChI=1S/C17H28N2O3/c1-11(2)18-5-6-22-15-8-19(4-3-12(15)7-18)17(20)16-13-9-21-10-14(13)16/h11-16H,3-10H2,1-2H3/t12?,13-,14+,15?,16?. The van der Waals surface area contributed by atoms with E-state index in [0.29, 0.717) is 29.7 Å². The summed E-state index contributed by atoms with van der Waals surface area (Å²) < 4.78 is 11.5. The second-order valence-corrected chi connectivity index (χ2v) is 7.72. The van der Waals surface area contributed by atoms with Gasteiger partial charge in [-0.2, -0.15) is 0 Å². The van der Waals surface area contributed by atoms with Crippen molar-refractivity contribution in [2.75, 3.05) is 46.0 Å². The zero-order valence-electron chi connectivity index (χ0n) is 13.7. The second kappa shape index (κ2) is 5.77. The third kappa shape index (κ3) is 2.57. The van der Waals surface area contributed by atoms with Crippen molar-refractivity contribution in [3.63, 3.8) is 0 Å². The van der Waals surface area contributed by atoms with Gasteiger partial charge < -0.3 is 14.4 Å². The molecule has 3 unspecified atom stereocenters. The SMILES string of the molecule is CC(C)N1CCOC2CN(C(=O)C3[C@H]4COC[C@@H]34)CCC2C1. The number of amides is 1. The Morgan fingerprint density at radius 1 is 1.14 bits per heavy atom. The van der Waals surface area contributed by atoms with Gasteiger partial charge in [-0.1, -0.05) is 0 Å². The van der Waals surface area contributed by atoms with Gasteiger partial charge >= 0.3 is 0 Å². The predicted octanol–water partition coefficient (Wildman–Crippen LogP) is 0.837. The summed E-state index contributed by atoms with van der Waals surface area (Å²) in [4.78, 5) is 17.3. The Bertz CT molecular complexity index is 432. The van der Waals surface area contributed by atoms with E-state index < -0.39 is 0 Å². The molecule has 5 atom stereocenters. The van der Waals surface area contributed by atoms with E-state index >= 15 is 0 Å². The van der Waals surface area contributed by atoms with Crippen molar-refractivity contribution in [2.24, 2.45) is 23.7 Å². The maximum absolute atomic E-state index is 12.7. The summed E-state index contributed by atoms with van der Waals surface area (Å²) in [6.07, 6.45) is 1.31. The van der Waals surface area contributed by atoms with Gasteiger partial charge in [-0.05, 0) is 32.1 Å². The number of nitrogens with zero attached hydrogens (tertiary/aromatic N) is 2. The quantitative estimate of drug-likeness (QED) is 0.758. The molecule has 22 heavy (non-hydrogen) atoms. The lowest BCUT2D eigenvalue weighted by Gasteiger charge is -2.38. The largest absolute Gasteiger partial charge is 0.381 e. The number of piperidine rings is 1. The average Bonchev–Trinajstić information content (AvgIpc) is 3.08. The molecule has 3 aliphatic heterocycles. The summed E-state index contributed by atoms with van der Waals surface area (Å²) in [5, 5.41) is 0. The average molecular weight is 308 g/mol. The molecule has 4 rings (SSSR count). The Labute approximate surface area is 132 Å². The minimum absolute atomic E-state index is 0.233. The first-order chi connectivity index (χ1) is 10.6. The Balaban J connectivity index is 1.36. The normalized spacial score (nSPS) is 42.0. The number of carbonyl (C=O) groups is 1. The summed E-state index contributed by atoms with van der Waals surface area (Å²) in [5.41, 5.74) is 0. The van der Waals surface area contributed by atoms with Gasteiger partial charge in [0, 0.05) is 44.1 Å². The van der Waals surface area contributed by atoms with Crippen molar-refractivity contribution < 1.29 is 14.3 Å². The first-order valence-electron chi connectivity index (χ1n) is 8.87. The minimum atomic E-state index is 0.233. The van der Waals surface area contributed by atoms with Gasteiger partial charge in [-0.3, -0.25) is 9.69 Å². The highest BCUT2D eigenvalue weighted by atomic mass is 16.5. The van der Waals surface area contributed by atoms with E-state index in [2.05, 4.69) is 23.6 Å². The topological polar surface area (TPSA) is 42.0 Å². The van der Waals surface area contributed by atoms with Crippen LogP contribution in [-0.2, 0) is 14.3 Å². The summed E-state index contributed by atoms with van der Waals surface area (Å²) in [5.74, 6) is 2.22. The van der Waals surface area contributed by atoms with Crippen LogP contribution < -0.4 is 0 Å². The Hall–Kier alpha value is -0.650. The molecule has 3 saturated heterocycles. The van der Waals surface area contributed by atoms with Crippen LogP contribution in [0, 0.1) is 23.7 Å². The zero-order valence-corrected chi connectivity index (χ0v) is 13.7. The van der Waals surface area contributed by atoms with Crippen LogP contribution in [-0.4, -0.2) is 73.9 Å². The van der Waals surface area contributed by atoms with Crippen LogP contribution in [0.4, 0.5) is 0 Å². The second-order valence-electron chi connectivity index (χ2n) is 7.72. The van der Waals surface area contributed by atoms with Crippen LogP contribution in [0.5, 0.6) is 0 Å². The van der Waals surface area contributed by atoms with Crippen LogP contribution in [0.3, 0.4) is 0 Å². The molecule has 0 aromatic heterocycles. The number of rotatable bonds is 2. The first kappa shape index (κ1) is 14.9. The predicted molar refractivity (Wildman–Crippen MR) is 82.4 cm³/mol. The van der Waals surface area contributed by atoms with Gasteiger partial charge in [0.25, 0.3) is 0 Å². The molecule has 0 aromatic rings. The highest BCUT2D eigenvalue weighted by Crippen LogP contribution is 2.51. The molecule has 4 fully saturated rings. The minimum Gasteiger partial charge on any atom is -0.381 e. The Morgan fingerprint density at radius 2 is 1.91 bits per heavy atom. The van der Waals surface area contributed by atoms with E-state index in [1.807, 2.05) is 0 Å². The fraction of sp³-hybridized carbons (Fsp3) is 0.941. The van der Waals surface area contributed by atoms with Crippen LogP contribution in [0.15, 0.2) is 0 Å². The fourth-order valence-electron chi connectivity index (χ4n) is 4.56. The molecular weight excluding hydrogens is 280 g/mol. The number of hydrogen-bond acceptors (Lipinski definition) is 4. The fourth-order valence-corrected chi connectivity index (χ4v) is 4.56. The van der Waals surface area contributed by atoms with Crippen molar-refractivity contribution in [1.29, 1.82) is 0 Å². The van der Waals surface area contributed by atoms with E-state index in [9.17, 15) is 4.79 Å². The number of hydrogen-bond donors (Lipinski definition) is 0. The van der Waals surface area contributed by atoms with Gasteiger partial charge in [0.15, 0.2) is 0 Å². The van der Waals surface area contributed by atoms with Crippen LogP contribution in [0.2, 0.25) is 0 Å². The molecule has 1 aliphatic carbocycles. The molecule has 0 aromatic carbocycles. The monoisotopic (exact) mass is 308 g/mol. The number of ether oxygens (including phenoxy) is 2. The van der Waals surface area contributed by atoms with Gasteiger partial charge in [0.2, 0.25) is 5.91 Å². The first-order valence-corrected chi connectivity index (χ1v) is 8.87. The molecule has 5 nitrogen and oxygen atoms in total. The maximum Gasteiger partial charge on any atom is 0.226 e. The van der Waals surface area contributed by atoms with Crippen molar-refractivity contribution in [3.05, 3.63) is 0 Å². The number of likely N-dealkylation sites (tertiary alicyclic amines) is 1. The Morgan fingerprint density at radius 3 is 2.64 bits per heavy atom. The molecule has 1 saturated carbocycles. The molecule has 3 heterocycles. The van der Waals surface area contributed by atoms with Crippen molar-refractivity contribution >= 4 is 5.91 Å². The van der Waals surface area contributed by atoms with Gasteiger partial charge in [-0.25, -0.2) is 0 Å². The Kier molecular flexibility index (Phi) is 3.91. The van der Waals surface area contributed by atoms with E-state index in [1.54, 1.807) is 0 Å². The van der Waals surface area contributed by atoms with Crippen LogP contribution in [0.1, 0.15) is 20.3 Å². The maximum atomic E-state index is 12.7. The summed E-state index contributed by atoms with van der Waals surface area (Å²) in [7, 11) is 0. The highest BCUT2D eigenvalue weighted by molar-refractivity contribution is 5.82. The summed E-state index contributed by atoms with van der Waals surface area (Å²) in [6.45, 7) is 10.7. The molecular formula is C17H28N2O3. The van der Waals surface area contributed by atoms with E-state index in [1.165, 1.54) is 0 Å². The molecule has 4 aliphatic rings. The molecule has 0 N–H and O–H groups in total. The van der Waals surface area contributed by atoms with Crippen LogP contribution in [0.25, 0.3) is 0 Å². The number of carbonyl (C=O) groups excluding carboxylic acids is 1. The lowest BCUT2D eigenvalue weighted by atomic mass is 9.92. The van der Waals surface area contributed by atoms with Gasteiger partial charge in [-0.15, -0.1) is 0 Å². The van der Waals surface area contributed by atoms with E-state index in [0.717, 1.165) is 52.4 Å². The van der Waals surface area contributed by atoms with E-state index in [4.69, 9.17) is 9.47 Å². The molecule has 5 heteroatoms. The molecule has 0 radical (unpaired) electrons. The summed E-state index contributed by atoms with van der Waals surface area (Å²) >= 11 is 0. The van der Waals surface area contributed by atoms with Crippen molar-refractivity contribution in [2.45, 2.75) is 32.4 Å². The number of fused-ring (bicyclic) bond motifs is 2. The molecule has 0 spiro atoms. The lowest BCUT2D eigenvalue weighted by molar-refractivity contribution is -0.139. The van der Waals surface area contributed by atoms with Crippen molar-refractivity contribution in [3.8, 4) is 0 Å². The van der Waals surface area contributed by atoms with E-state index in [-0.39, 0.29) is 12.0 Å². The third-order valence-electron chi connectivity index (χ3n) is 6.15. The lowest BCUT2D eigenvalue weighted by Crippen LogP contribution is -2.50. The van der Waals surface area contributed by atoms with Crippen LogP contribution >= 0.6 is 0 Å². The van der Waals surface area contributed by atoms with Crippen molar-refractivity contribution in [1.82, 2.24) is 9.80 Å². The third-order valence-corrected chi connectivity index (χ3v) is 6.15. The molecule has 124 valence electrons. The smallest absolute Gasteiger partial charge is 0.226 e. The molecule has 0 bridgehead atoms.